The molecule has 0 atom stereocenters. The van der Waals surface area contributed by atoms with Crippen molar-refractivity contribution in [1.29, 1.82) is 0 Å². The molecule has 0 aliphatic rings. The second-order valence-electron chi connectivity index (χ2n) is 4.55. The molecule has 94 valence electrons. The summed E-state index contributed by atoms with van der Waals surface area (Å²) in [6.45, 7) is 2.57. The summed E-state index contributed by atoms with van der Waals surface area (Å²) in [4.78, 5) is 12.4. The summed E-state index contributed by atoms with van der Waals surface area (Å²) in [6.07, 6.45) is 0. The molecule has 0 aliphatic carbocycles. The third kappa shape index (κ3) is 1.95. The molecule has 3 rings (SSSR count). The number of amides is 1. The molecule has 0 aliphatic heterocycles. The highest BCUT2D eigenvalue weighted by Crippen LogP contribution is 2.28. The smallest absolute Gasteiger partial charge is 0.252 e. The zero-order chi connectivity index (χ0) is 13.2. The van der Waals surface area contributed by atoms with Crippen molar-refractivity contribution >= 4 is 27.5 Å². The van der Waals surface area contributed by atoms with Crippen LogP contribution in [0, 0.1) is 0 Å². The van der Waals surface area contributed by atoms with Gasteiger partial charge in [-0.3, -0.25) is 4.79 Å². The summed E-state index contributed by atoms with van der Waals surface area (Å²) in [7, 11) is 0. The van der Waals surface area contributed by atoms with E-state index in [0.29, 0.717) is 6.54 Å². The van der Waals surface area contributed by atoms with Gasteiger partial charge in [-0.05, 0) is 34.5 Å². The first-order valence-electron chi connectivity index (χ1n) is 6.50. The van der Waals surface area contributed by atoms with Gasteiger partial charge in [-0.1, -0.05) is 48.5 Å². The molecule has 1 amide bonds. The lowest BCUT2D eigenvalue weighted by molar-refractivity contribution is 0.0959. The quantitative estimate of drug-likeness (QED) is 0.689. The predicted molar refractivity (Wildman–Crippen MR) is 79.5 cm³/mol. The van der Waals surface area contributed by atoms with Crippen LogP contribution >= 0.6 is 0 Å². The fourth-order valence-corrected chi connectivity index (χ4v) is 2.51. The van der Waals surface area contributed by atoms with Crippen LogP contribution < -0.4 is 5.32 Å². The van der Waals surface area contributed by atoms with Gasteiger partial charge in [0.1, 0.15) is 0 Å². The first kappa shape index (κ1) is 11.7. The van der Waals surface area contributed by atoms with Crippen LogP contribution in [0.1, 0.15) is 17.3 Å². The lowest BCUT2D eigenvalue weighted by Crippen LogP contribution is -2.23. The summed E-state index contributed by atoms with van der Waals surface area (Å²) in [5, 5.41) is 7.12. The summed E-state index contributed by atoms with van der Waals surface area (Å²) in [6, 6.07) is 18.2. The monoisotopic (exact) mass is 249 g/mol. The van der Waals surface area contributed by atoms with Crippen molar-refractivity contribution < 1.29 is 4.79 Å². The minimum atomic E-state index is -0.00417. The van der Waals surface area contributed by atoms with E-state index in [-0.39, 0.29) is 5.91 Å². The number of carbonyl (C=O) groups is 1. The summed E-state index contributed by atoms with van der Waals surface area (Å²) < 4.78 is 0. The fraction of sp³-hybridized carbons (Fsp3) is 0.118. The average Bonchev–Trinajstić information content (AvgIpc) is 2.44. The molecule has 0 saturated carbocycles. The van der Waals surface area contributed by atoms with Crippen molar-refractivity contribution in [2.24, 2.45) is 0 Å². The molecule has 0 aromatic heterocycles. The number of benzene rings is 3. The molecule has 0 heterocycles. The Bertz CT molecular complexity index is 707. The zero-order valence-corrected chi connectivity index (χ0v) is 10.8. The summed E-state index contributed by atoms with van der Waals surface area (Å²) in [5.74, 6) is -0.00417. The van der Waals surface area contributed by atoms with E-state index in [1.807, 2.05) is 55.5 Å². The molecular formula is C17H15NO. The molecular weight excluding hydrogens is 234 g/mol. The molecule has 0 spiro atoms. The second-order valence-corrected chi connectivity index (χ2v) is 4.55. The summed E-state index contributed by atoms with van der Waals surface area (Å²) in [5.41, 5.74) is 0.774. The van der Waals surface area contributed by atoms with Crippen LogP contribution in [0.5, 0.6) is 0 Å². The highest BCUT2D eigenvalue weighted by Gasteiger charge is 2.13. The van der Waals surface area contributed by atoms with Crippen LogP contribution in [-0.2, 0) is 0 Å². The lowest BCUT2D eigenvalue weighted by atomic mass is 9.96. The van der Waals surface area contributed by atoms with E-state index in [0.717, 1.165) is 27.1 Å². The molecule has 0 unspecified atom stereocenters. The number of fused-ring (bicyclic) bond motifs is 2. The molecule has 0 fully saturated rings. The molecule has 3 aromatic carbocycles. The van der Waals surface area contributed by atoms with Gasteiger partial charge in [-0.2, -0.15) is 0 Å². The number of rotatable bonds is 2. The Kier molecular flexibility index (Phi) is 2.92. The Morgan fingerprint density at radius 1 is 0.947 bits per heavy atom. The largest absolute Gasteiger partial charge is 0.352 e. The number of hydrogen-bond donors (Lipinski definition) is 1. The number of hydrogen-bond acceptors (Lipinski definition) is 1. The Hall–Kier alpha value is -2.35. The van der Waals surface area contributed by atoms with Crippen LogP contribution in [0.4, 0.5) is 0 Å². The van der Waals surface area contributed by atoms with Crippen molar-refractivity contribution in [1.82, 2.24) is 5.32 Å². The first-order chi connectivity index (χ1) is 9.31. The van der Waals surface area contributed by atoms with Gasteiger partial charge in [0.25, 0.3) is 5.91 Å². The third-order valence-electron chi connectivity index (χ3n) is 3.34. The topological polar surface area (TPSA) is 29.1 Å². The third-order valence-corrected chi connectivity index (χ3v) is 3.34. The molecule has 3 aromatic rings. The van der Waals surface area contributed by atoms with Crippen molar-refractivity contribution in [2.75, 3.05) is 6.54 Å². The van der Waals surface area contributed by atoms with Gasteiger partial charge < -0.3 is 5.32 Å². The van der Waals surface area contributed by atoms with E-state index in [4.69, 9.17) is 0 Å². The molecule has 2 heteroatoms. The Balaban J connectivity index is 2.43. The molecule has 1 N–H and O–H groups in total. The SMILES string of the molecule is CCNC(=O)c1c2ccccc2cc2ccccc12. The van der Waals surface area contributed by atoms with Crippen LogP contribution in [0.2, 0.25) is 0 Å². The Labute approximate surface area is 112 Å². The van der Waals surface area contributed by atoms with Crippen LogP contribution in [0.25, 0.3) is 21.5 Å². The number of nitrogens with one attached hydrogen (secondary N) is 1. The standard InChI is InChI=1S/C17H15NO/c1-2-18-17(19)16-14-9-5-3-7-12(14)11-13-8-4-6-10-15(13)16/h3-11H,2H2,1H3,(H,18,19). The maximum absolute atomic E-state index is 12.4. The Morgan fingerprint density at radius 3 is 2.00 bits per heavy atom. The van der Waals surface area contributed by atoms with Gasteiger partial charge in [0.2, 0.25) is 0 Å². The Morgan fingerprint density at radius 2 is 1.47 bits per heavy atom. The molecule has 0 bridgehead atoms. The van der Waals surface area contributed by atoms with E-state index in [1.165, 1.54) is 0 Å². The van der Waals surface area contributed by atoms with Gasteiger partial charge in [-0.25, -0.2) is 0 Å². The minimum Gasteiger partial charge on any atom is -0.352 e. The van der Waals surface area contributed by atoms with Crippen molar-refractivity contribution in [3.05, 3.63) is 60.2 Å². The second kappa shape index (κ2) is 4.73. The molecule has 0 radical (unpaired) electrons. The zero-order valence-electron chi connectivity index (χ0n) is 10.8. The summed E-state index contributed by atoms with van der Waals surface area (Å²) >= 11 is 0. The average molecular weight is 249 g/mol. The molecule has 19 heavy (non-hydrogen) atoms. The normalized spacial score (nSPS) is 10.8. The van der Waals surface area contributed by atoms with E-state index in [1.54, 1.807) is 0 Å². The predicted octanol–water partition coefficient (Wildman–Crippen LogP) is 3.74. The van der Waals surface area contributed by atoms with E-state index in [9.17, 15) is 4.79 Å². The van der Waals surface area contributed by atoms with Gasteiger partial charge in [0.15, 0.2) is 0 Å². The van der Waals surface area contributed by atoms with Crippen molar-refractivity contribution in [3.63, 3.8) is 0 Å². The minimum absolute atomic E-state index is 0.00417. The highest BCUT2D eigenvalue weighted by atomic mass is 16.1. The fourth-order valence-electron chi connectivity index (χ4n) is 2.51. The van der Waals surface area contributed by atoms with Gasteiger partial charge in [-0.15, -0.1) is 0 Å². The van der Waals surface area contributed by atoms with Crippen LogP contribution in [0.3, 0.4) is 0 Å². The van der Waals surface area contributed by atoms with Gasteiger partial charge >= 0.3 is 0 Å². The lowest BCUT2D eigenvalue weighted by Gasteiger charge is -2.11. The van der Waals surface area contributed by atoms with Gasteiger partial charge in [0, 0.05) is 6.54 Å². The maximum atomic E-state index is 12.4. The van der Waals surface area contributed by atoms with E-state index in [2.05, 4.69) is 11.4 Å². The van der Waals surface area contributed by atoms with Crippen molar-refractivity contribution in [2.45, 2.75) is 6.92 Å². The molecule has 2 nitrogen and oxygen atoms in total. The van der Waals surface area contributed by atoms with Crippen molar-refractivity contribution in [3.8, 4) is 0 Å². The van der Waals surface area contributed by atoms with Crippen LogP contribution in [0.15, 0.2) is 54.6 Å². The van der Waals surface area contributed by atoms with E-state index < -0.39 is 0 Å². The molecule has 0 saturated heterocycles. The van der Waals surface area contributed by atoms with E-state index >= 15 is 0 Å². The first-order valence-corrected chi connectivity index (χ1v) is 6.50. The maximum Gasteiger partial charge on any atom is 0.252 e. The highest BCUT2D eigenvalue weighted by molar-refractivity contribution is 6.18. The van der Waals surface area contributed by atoms with Gasteiger partial charge in [0.05, 0.1) is 5.56 Å². The van der Waals surface area contributed by atoms with Crippen LogP contribution in [-0.4, -0.2) is 12.5 Å². The number of carbonyl (C=O) groups excluding carboxylic acids is 1.